The Balaban J connectivity index is 0.00000133. The Morgan fingerprint density at radius 2 is 1.89 bits per heavy atom. The molecule has 2 heterocycles. The molecule has 0 saturated carbocycles. The molecule has 0 aliphatic heterocycles. The molecule has 96 valence electrons. The van der Waals surface area contributed by atoms with E-state index in [0.29, 0.717) is 11.3 Å². The molecule has 0 fully saturated rings. The predicted octanol–water partition coefficient (Wildman–Crippen LogP) is -0.164. The van der Waals surface area contributed by atoms with Gasteiger partial charge in [-0.15, -0.1) is 0 Å². The number of benzene rings is 1. The zero-order valence-electron chi connectivity index (χ0n) is 9.72. The number of fused-ring (bicyclic) bond motifs is 1. The number of pyridine rings is 1. The number of hydrogen-bond donors (Lipinski definition) is 0. The topological polar surface area (TPSA) is 34.1 Å². The zero-order valence-corrected chi connectivity index (χ0v) is 12.1. The van der Waals surface area contributed by atoms with Gasteiger partial charge in [-0.25, -0.2) is 4.79 Å². The normalized spacial score (nSPS) is 10.2. The van der Waals surface area contributed by atoms with Crippen LogP contribution in [0.5, 0.6) is 0 Å². The smallest absolute Gasteiger partial charge is 0.409 e. The molecule has 0 atom stereocenters. The van der Waals surface area contributed by atoms with E-state index < -0.39 is 0 Å². The summed E-state index contributed by atoms with van der Waals surface area (Å²) in [4.78, 5) is 11.9. The largest absolute Gasteiger partial charge is 1.00 e. The second-order valence-electron chi connectivity index (χ2n) is 3.89. The molecule has 3 nitrogen and oxygen atoms in total. The van der Waals surface area contributed by atoms with Crippen LogP contribution in [0.25, 0.3) is 16.7 Å². The number of hydrogen-bond acceptors (Lipinski definition) is 2. The van der Waals surface area contributed by atoms with Gasteiger partial charge in [-0.2, -0.15) is 4.57 Å². The summed E-state index contributed by atoms with van der Waals surface area (Å²) in [5, 5.41) is 0.902. The lowest BCUT2D eigenvalue weighted by molar-refractivity contribution is -0.598. The molecule has 3 rings (SSSR count). The fourth-order valence-electron chi connectivity index (χ4n) is 1.83. The maximum atomic E-state index is 11.9. The minimum atomic E-state index is -0.350. The van der Waals surface area contributed by atoms with Gasteiger partial charge in [0.2, 0.25) is 0 Å². The highest BCUT2D eigenvalue weighted by molar-refractivity contribution is 9.10. The molecule has 3 aromatic rings. The summed E-state index contributed by atoms with van der Waals surface area (Å²) in [6.45, 7) is 0. The molecule has 19 heavy (non-hydrogen) atoms. The Morgan fingerprint density at radius 3 is 2.68 bits per heavy atom. The van der Waals surface area contributed by atoms with Gasteiger partial charge in [-0.05, 0) is 28.1 Å². The Bertz CT molecular complexity index is 785. The molecule has 0 amide bonds. The number of rotatable bonds is 1. The van der Waals surface area contributed by atoms with Crippen molar-refractivity contribution >= 4 is 26.9 Å². The molecule has 0 aliphatic rings. The van der Waals surface area contributed by atoms with E-state index in [2.05, 4.69) is 15.9 Å². The minimum absolute atomic E-state index is 0. The lowest BCUT2D eigenvalue weighted by Crippen LogP contribution is -3.00. The molecule has 2 aromatic heterocycles. The Morgan fingerprint density at radius 1 is 1.11 bits per heavy atom. The third kappa shape index (κ3) is 2.69. The highest BCUT2D eigenvalue weighted by Gasteiger charge is 2.14. The molecular weight excluding hydrogens is 330 g/mol. The third-order valence-electron chi connectivity index (χ3n) is 2.67. The molecule has 1 aromatic carbocycles. The van der Waals surface area contributed by atoms with Gasteiger partial charge in [0.15, 0.2) is 12.4 Å². The van der Waals surface area contributed by atoms with Crippen LogP contribution in [0.2, 0.25) is 0 Å². The highest BCUT2D eigenvalue weighted by Crippen LogP contribution is 2.13. The van der Waals surface area contributed by atoms with Gasteiger partial charge in [0.25, 0.3) is 5.69 Å². The molecule has 0 N–H and O–H groups in total. The van der Waals surface area contributed by atoms with E-state index in [1.54, 1.807) is 10.6 Å². The van der Waals surface area contributed by atoms with Crippen molar-refractivity contribution in [3.8, 4) is 5.69 Å². The second-order valence-corrected chi connectivity index (χ2v) is 4.80. The number of aromatic nitrogens is 1. The first-order valence-electron chi connectivity index (χ1n) is 5.44. The SMILES string of the molecule is O=c1oc2ccccc2cc1-[n+]1cccc(Br)c1.[Cl-]. The van der Waals surface area contributed by atoms with Gasteiger partial charge in [0.05, 0.1) is 4.47 Å². The van der Waals surface area contributed by atoms with Crippen molar-refractivity contribution in [2.24, 2.45) is 0 Å². The van der Waals surface area contributed by atoms with Crippen molar-refractivity contribution < 1.29 is 21.4 Å². The van der Waals surface area contributed by atoms with Gasteiger partial charge in [-0.3, -0.25) is 0 Å². The van der Waals surface area contributed by atoms with E-state index in [4.69, 9.17) is 4.42 Å². The van der Waals surface area contributed by atoms with Crippen molar-refractivity contribution in [3.05, 3.63) is 69.8 Å². The van der Waals surface area contributed by atoms with E-state index in [0.717, 1.165) is 9.86 Å². The van der Waals surface area contributed by atoms with E-state index in [1.807, 2.05) is 48.8 Å². The van der Waals surface area contributed by atoms with Crippen LogP contribution in [0.4, 0.5) is 0 Å². The first kappa shape index (κ1) is 13.8. The van der Waals surface area contributed by atoms with Crippen molar-refractivity contribution in [2.75, 3.05) is 0 Å². The van der Waals surface area contributed by atoms with Crippen molar-refractivity contribution in [1.82, 2.24) is 0 Å². The fraction of sp³-hybridized carbons (Fsp3) is 0. The van der Waals surface area contributed by atoms with E-state index in [-0.39, 0.29) is 18.0 Å². The van der Waals surface area contributed by atoms with Crippen LogP contribution < -0.4 is 22.6 Å². The summed E-state index contributed by atoms with van der Waals surface area (Å²) in [6, 6.07) is 13.0. The van der Waals surface area contributed by atoms with Crippen LogP contribution in [0.3, 0.4) is 0 Å². The maximum Gasteiger partial charge on any atom is 0.409 e. The van der Waals surface area contributed by atoms with Crippen LogP contribution in [0.15, 0.2) is 68.5 Å². The first-order chi connectivity index (χ1) is 8.74. The van der Waals surface area contributed by atoms with Crippen LogP contribution >= 0.6 is 15.9 Å². The molecular formula is C14H9BrClNO2. The Kier molecular flexibility index (Phi) is 4.02. The summed E-state index contributed by atoms with van der Waals surface area (Å²) < 4.78 is 7.93. The van der Waals surface area contributed by atoms with Crippen LogP contribution in [-0.4, -0.2) is 0 Å². The summed E-state index contributed by atoms with van der Waals surface area (Å²) in [6.07, 6.45) is 3.63. The number of nitrogens with zero attached hydrogens (tertiary/aromatic N) is 1. The molecule has 0 saturated heterocycles. The summed E-state index contributed by atoms with van der Waals surface area (Å²) >= 11 is 3.38. The molecule has 5 heteroatoms. The van der Waals surface area contributed by atoms with E-state index >= 15 is 0 Å². The van der Waals surface area contributed by atoms with Crippen molar-refractivity contribution in [1.29, 1.82) is 0 Å². The fourth-order valence-corrected chi connectivity index (χ4v) is 2.20. The maximum absolute atomic E-state index is 11.9. The molecule has 0 bridgehead atoms. The van der Waals surface area contributed by atoms with Crippen LogP contribution in [0.1, 0.15) is 0 Å². The Labute approximate surface area is 124 Å². The van der Waals surface area contributed by atoms with Crippen LogP contribution in [0, 0.1) is 0 Å². The summed E-state index contributed by atoms with van der Waals surface area (Å²) in [5.74, 6) is 0. The van der Waals surface area contributed by atoms with Crippen molar-refractivity contribution in [3.63, 3.8) is 0 Å². The van der Waals surface area contributed by atoms with Gasteiger partial charge in [0.1, 0.15) is 5.58 Å². The lowest BCUT2D eigenvalue weighted by atomic mass is 10.2. The molecule has 0 radical (unpaired) electrons. The third-order valence-corrected chi connectivity index (χ3v) is 3.13. The number of halogens is 2. The molecule has 0 spiro atoms. The van der Waals surface area contributed by atoms with Crippen molar-refractivity contribution in [2.45, 2.75) is 0 Å². The van der Waals surface area contributed by atoms with Crippen LogP contribution in [-0.2, 0) is 0 Å². The monoisotopic (exact) mass is 337 g/mol. The quantitative estimate of drug-likeness (QED) is 0.456. The van der Waals surface area contributed by atoms with Gasteiger partial charge in [0, 0.05) is 17.5 Å². The standard InChI is InChI=1S/C14H9BrNO2.ClH/c15-11-5-3-7-16(9-11)12-8-10-4-1-2-6-13(10)18-14(12)17;/h1-9H;1H/q+1;/p-1. The first-order valence-corrected chi connectivity index (χ1v) is 6.23. The second kappa shape index (κ2) is 5.55. The van der Waals surface area contributed by atoms with E-state index in [1.165, 1.54) is 0 Å². The van der Waals surface area contributed by atoms with Gasteiger partial charge in [-0.1, -0.05) is 18.2 Å². The van der Waals surface area contributed by atoms with E-state index in [9.17, 15) is 4.79 Å². The molecule has 0 aliphatic carbocycles. The Hall–Kier alpha value is -1.65. The lowest BCUT2D eigenvalue weighted by Gasteiger charge is -1.98. The summed E-state index contributed by atoms with van der Waals surface area (Å²) in [5.41, 5.74) is 0.744. The van der Waals surface area contributed by atoms with Gasteiger partial charge >= 0.3 is 5.63 Å². The minimum Gasteiger partial charge on any atom is -1.00 e. The number of para-hydroxylation sites is 1. The predicted molar refractivity (Wildman–Crippen MR) is 71.7 cm³/mol. The zero-order chi connectivity index (χ0) is 12.5. The highest BCUT2D eigenvalue weighted by atomic mass is 79.9. The van der Waals surface area contributed by atoms with Gasteiger partial charge < -0.3 is 16.8 Å². The average molecular weight is 339 g/mol. The average Bonchev–Trinajstić information content (AvgIpc) is 2.38. The summed E-state index contributed by atoms with van der Waals surface area (Å²) in [7, 11) is 0. The molecule has 0 unspecified atom stereocenters.